The van der Waals surface area contributed by atoms with E-state index in [1.165, 1.54) is 18.4 Å². The molecule has 0 spiro atoms. The Morgan fingerprint density at radius 2 is 1.48 bits per heavy atom. The third kappa shape index (κ3) is 8.11. The number of ether oxygens (including phenoxy) is 1. The maximum absolute atomic E-state index is 5.80. The molecule has 1 aromatic rings. The fraction of sp³-hybridized carbons (Fsp3) is 0.684. The van der Waals surface area contributed by atoms with Crippen LogP contribution in [0.2, 0.25) is 0 Å². The summed E-state index contributed by atoms with van der Waals surface area (Å²) >= 11 is 0. The molecule has 0 aliphatic heterocycles. The predicted octanol–water partition coefficient (Wildman–Crippen LogP) is 4.92. The van der Waals surface area contributed by atoms with Crippen LogP contribution < -0.4 is 10.1 Å². The number of unbranched alkanes of at least 4 members (excludes halogenated alkanes) is 2. The van der Waals surface area contributed by atoms with Gasteiger partial charge in [-0.3, -0.25) is 0 Å². The Morgan fingerprint density at radius 1 is 0.857 bits per heavy atom. The molecule has 2 nitrogen and oxygen atoms in total. The maximum atomic E-state index is 5.80. The van der Waals surface area contributed by atoms with Crippen LogP contribution in [0.25, 0.3) is 0 Å². The van der Waals surface area contributed by atoms with Crippen LogP contribution in [0.15, 0.2) is 24.3 Å². The first-order chi connectivity index (χ1) is 9.68. The van der Waals surface area contributed by atoms with Crippen molar-refractivity contribution < 1.29 is 4.74 Å². The first-order valence-corrected chi connectivity index (χ1v) is 8.17. The van der Waals surface area contributed by atoms with Gasteiger partial charge >= 0.3 is 0 Å². The van der Waals surface area contributed by atoms with Crippen molar-refractivity contribution in [2.75, 3.05) is 13.2 Å². The molecule has 0 radical (unpaired) electrons. The molecule has 120 valence electrons. The van der Waals surface area contributed by atoms with E-state index in [1.807, 2.05) is 0 Å². The fourth-order valence-electron chi connectivity index (χ4n) is 2.11. The lowest BCUT2D eigenvalue weighted by atomic mass is 9.87. The fourth-order valence-corrected chi connectivity index (χ4v) is 2.11. The van der Waals surface area contributed by atoms with Crippen LogP contribution in [-0.4, -0.2) is 18.7 Å². The van der Waals surface area contributed by atoms with Crippen molar-refractivity contribution in [3.05, 3.63) is 29.8 Å². The summed E-state index contributed by atoms with van der Waals surface area (Å²) in [6.07, 6.45) is 3.54. The monoisotopic (exact) mass is 291 g/mol. The molecule has 2 heteroatoms. The molecular weight excluding hydrogens is 258 g/mol. The molecule has 1 N–H and O–H groups in total. The Kier molecular flexibility index (Phi) is 6.73. The molecule has 0 unspecified atom stereocenters. The van der Waals surface area contributed by atoms with E-state index in [1.54, 1.807) is 0 Å². The van der Waals surface area contributed by atoms with Crippen molar-refractivity contribution in [1.29, 1.82) is 0 Å². The highest BCUT2D eigenvalue weighted by Crippen LogP contribution is 2.24. The van der Waals surface area contributed by atoms with Gasteiger partial charge in [-0.15, -0.1) is 0 Å². The van der Waals surface area contributed by atoms with Crippen LogP contribution in [-0.2, 0) is 5.41 Å². The van der Waals surface area contributed by atoms with Crippen LogP contribution in [0.1, 0.15) is 66.4 Å². The molecule has 0 bridgehead atoms. The highest BCUT2D eigenvalue weighted by Gasteiger charge is 2.12. The van der Waals surface area contributed by atoms with Gasteiger partial charge in [0, 0.05) is 5.54 Å². The topological polar surface area (TPSA) is 21.3 Å². The minimum atomic E-state index is 0.207. The predicted molar refractivity (Wildman–Crippen MR) is 92.2 cm³/mol. The second kappa shape index (κ2) is 7.84. The highest BCUT2D eigenvalue weighted by molar-refractivity contribution is 5.31. The SMILES string of the molecule is CC(C)(C)NCCCCCOc1ccc(C(C)(C)C)cc1. The van der Waals surface area contributed by atoms with Gasteiger partial charge in [-0.2, -0.15) is 0 Å². The molecule has 0 saturated heterocycles. The highest BCUT2D eigenvalue weighted by atomic mass is 16.5. The Balaban J connectivity index is 2.16. The third-order valence-electron chi connectivity index (χ3n) is 3.47. The van der Waals surface area contributed by atoms with Gasteiger partial charge in [-0.05, 0) is 69.7 Å². The number of rotatable bonds is 7. The van der Waals surface area contributed by atoms with Crippen LogP contribution in [0.4, 0.5) is 0 Å². The molecule has 0 aliphatic carbocycles. The van der Waals surface area contributed by atoms with Gasteiger partial charge < -0.3 is 10.1 Å². The van der Waals surface area contributed by atoms with Gasteiger partial charge in [0.25, 0.3) is 0 Å². The third-order valence-corrected chi connectivity index (χ3v) is 3.47. The number of benzene rings is 1. The van der Waals surface area contributed by atoms with Crippen LogP contribution in [0.3, 0.4) is 0 Å². The van der Waals surface area contributed by atoms with Crippen molar-refractivity contribution in [2.45, 2.75) is 71.8 Å². The minimum absolute atomic E-state index is 0.207. The van der Waals surface area contributed by atoms with Gasteiger partial charge in [-0.1, -0.05) is 32.9 Å². The Hall–Kier alpha value is -1.02. The van der Waals surface area contributed by atoms with Gasteiger partial charge in [0.15, 0.2) is 0 Å². The normalized spacial score (nSPS) is 12.5. The summed E-state index contributed by atoms with van der Waals surface area (Å²) in [7, 11) is 0. The van der Waals surface area contributed by atoms with Crippen LogP contribution in [0.5, 0.6) is 5.75 Å². The molecule has 0 atom stereocenters. The first-order valence-electron chi connectivity index (χ1n) is 8.17. The van der Waals surface area contributed by atoms with Crippen molar-refractivity contribution in [2.24, 2.45) is 0 Å². The second-order valence-corrected chi connectivity index (χ2v) is 7.86. The summed E-state index contributed by atoms with van der Waals surface area (Å²) in [4.78, 5) is 0. The summed E-state index contributed by atoms with van der Waals surface area (Å²) in [6, 6.07) is 8.51. The smallest absolute Gasteiger partial charge is 0.119 e. The lowest BCUT2D eigenvalue weighted by molar-refractivity contribution is 0.303. The van der Waals surface area contributed by atoms with Crippen LogP contribution >= 0.6 is 0 Å². The van der Waals surface area contributed by atoms with Crippen molar-refractivity contribution in [3.8, 4) is 5.75 Å². The van der Waals surface area contributed by atoms with Crippen molar-refractivity contribution in [3.63, 3.8) is 0 Å². The zero-order valence-electron chi connectivity index (χ0n) is 14.8. The van der Waals surface area contributed by atoms with E-state index in [4.69, 9.17) is 4.74 Å². The zero-order valence-corrected chi connectivity index (χ0v) is 14.8. The van der Waals surface area contributed by atoms with Gasteiger partial charge in [0.1, 0.15) is 5.75 Å². The first kappa shape index (κ1) is 18.0. The standard InChI is InChI=1S/C19H33NO/c1-18(2,3)16-10-12-17(13-11-16)21-15-9-7-8-14-20-19(4,5)6/h10-13,20H,7-9,14-15H2,1-6H3. The molecule has 0 saturated carbocycles. The maximum Gasteiger partial charge on any atom is 0.119 e. The molecule has 21 heavy (non-hydrogen) atoms. The van der Waals surface area contributed by atoms with Crippen LogP contribution in [0, 0.1) is 0 Å². The average Bonchev–Trinajstić information content (AvgIpc) is 2.36. The van der Waals surface area contributed by atoms with Crippen molar-refractivity contribution in [1.82, 2.24) is 5.32 Å². The van der Waals surface area contributed by atoms with E-state index in [-0.39, 0.29) is 11.0 Å². The molecule has 0 aromatic heterocycles. The Morgan fingerprint density at radius 3 is 2.00 bits per heavy atom. The quantitative estimate of drug-likeness (QED) is 0.720. The molecule has 1 rings (SSSR count). The van der Waals surface area contributed by atoms with Gasteiger partial charge in [0.2, 0.25) is 0 Å². The van der Waals surface area contributed by atoms with E-state index < -0.39 is 0 Å². The van der Waals surface area contributed by atoms with E-state index in [0.717, 1.165) is 25.3 Å². The molecule has 0 aliphatic rings. The molecule has 0 amide bonds. The van der Waals surface area contributed by atoms with E-state index in [0.29, 0.717) is 0 Å². The Labute approximate surface area is 131 Å². The summed E-state index contributed by atoms with van der Waals surface area (Å²) < 4.78 is 5.80. The lowest BCUT2D eigenvalue weighted by Crippen LogP contribution is -2.36. The zero-order chi connectivity index (χ0) is 15.9. The molecular formula is C19H33NO. The summed E-state index contributed by atoms with van der Waals surface area (Å²) in [6.45, 7) is 15.2. The molecule has 1 aromatic carbocycles. The summed E-state index contributed by atoms with van der Waals surface area (Å²) in [5.41, 5.74) is 1.78. The summed E-state index contributed by atoms with van der Waals surface area (Å²) in [5, 5.41) is 3.51. The molecule has 0 fully saturated rings. The molecule has 0 heterocycles. The largest absolute Gasteiger partial charge is 0.494 e. The van der Waals surface area contributed by atoms with Gasteiger partial charge in [0.05, 0.1) is 6.61 Å². The summed E-state index contributed by atoms with van der Waals surface area (Å²) in [5.74, 6) is 0.982. The van der Waals surface area contributed by atoms with Crippen molar-refractivity contribution >= 4 is 0 Å². The minimum Gasteiger partial charge on any atom is -0.494 e. The van der Waals surface area contributed by atoms with Gasteiger partial charge in [-0.25, -0.2) is 0 Å². The number of hydrogen-bond acceptors (Lipinski definition) is 2. The average molecular weight is 291 g/mol. The number of nitrogens with one attached hydrogen (secondary N) is 1. The Bertz CT molecular complexity index is 395. The lowest BCUT2D eigenvalue weighted by Gasteiger charge is -2.20. The van der Waals surface area contributed by atoms with E-state index in [9.17, 15) is 0 Å². The second-order valence-electron chi connectivity index (χ2n) is 7.86. The number of hydrogen-bond donors (Lipinski definition) is 1. The van der Waals surface area contributed by atoms with E-state index >= 15 is 0 Å². The van der Waals surface area contributed by atoms with E-state index in [2.05, 4.69) is 71.1 Å².